The van der Waals surface area contributed by atoms with E-state index in [1.807, 2.05) is 12.1 Å². The number of piperazine rings is 1. The number of halogens is 1. The van der Waals surface area contributed by atoms with E-state index in [2.05, 4.69) is 40.5 Å². The predicted molar refractivity (Wildman–Crippen MR) is 133 cm³/mol. The first kappa shape index (κ1) is 25.0. The summed E-state index contributed by atoms with van der Waals surface area (Å²) in [4.78, 5) is 13.7. The number of hydrogen-bond acceptors (Lipinski definition) is 5. The van der Waals surface area contributed by atoms with E-state index in [1.165, 1.54) is 40.7 Å². The third-order valence-corrected chi connectivity index (χ3v) is 7.63. The Bertz CT molecular complexity index is 1240. The Morgan fingerprint density at radius 1 is 1.00 bits per heavy atom. The summed E-state index contributed by atoms with van der Waals surface area (Å²) in [7, 11) is -2.32. The second-order valence-corrected chi connectivity index (χ2v) is 9.77. The average molecular weight is 490 g/mol. The third kappa shape index (κ3) is 5.47. The zero-order valence-electron chi connectivity index (χ0n) is 18.7. The maximum absolute atomic E-state index is 13.4. The van der Waals surface area contributed by atoms with Gasteiger partial charge in [0.15, 0.2) is 0 Å². The Morgan fingerprint density at radius 2 is 1.70 bits per heavy atom. The molecule has 176 valence electrons. The van der Waals surface area contributed by atoms with Crippen molar-refractivity contribution in [1.82, 2.24) is 9.21 Å². The zero-order chi connectivity index (χ0) is 22.7. The number of benzene rings is 3. The highest BCUT2D eigenvalue weighted by Crippen LogP contribution is 2.30. The third-order valence-electron chi connectivity index (χ3n) is 5.71. The number of rotatable bonds is 6. The molecule has 1 amide bonds. The SMILES string of the molecule is COc1ccc(NC(C)=O)cc1S(=O)(=O)N1CCN(Cc2cccc3ccccc23)CC1.Cl. The lowest BCUT2D eigenvalue weighted by molar-refractivity contribution is -0.114. The monoisotopic (exact) mass is 489 g/mol. The maximum atomic E-state index is 13.4. The molecule has 0 saturated carbocycles. The van der Waals surface area contributed by atoms with E-state index in [0.717, 1.165) is 6.54 Å². The van der Waals surface area contributed by atoms with Gasteiger partial charge < -0.3 is 10.1 Å². The minimum atomic E-state index is -3.76. The van der Waals surface area contributed by atoms with Gasteiger partial charge in [0.1, 0.15) is 10.6 Å². The molecule has 0 atom stereocenters. The molecular formula is C24H28ClN3O4S. The maximum Gasteiger partial charge on any atom is 0.246 e. The summed E-state index contributed by atoms with van der Waals surface area (Å²) in [6.07, 6.45) is 0. The first-order valence-corrected chi connectivity index (χ1v) is 12.0. The lowest BCUT2D eigenvalue weighted by Gasteiger charge is -2.34. The predicted octanol–water partition coefficient (Wildman–Crippen LogP) is 3.74. The van der Waals surface area contributed by atoms with Crippen LogP contribution in [0.1, 0.15) is 12.5 Å². The Kier molecular flexibility index (Phi) is 7.97. The lowest BCUT2D eigenvalue weighted by atomic mass is 10.0. The van der Waals surface area contributed by atoms with Crippen LogP contribution >= 0.6 is 12.4 Å². The van der Waals surface area contributed by atoms with Gasteiger partial charge in [0.2, 0.25) is 15.9 Å². The molecule has 33 heavy (non-hydrogen) atoms. The molecule has 9 heteroatoms. The number of methoxy groups -OCH3 is 1. The Balaban J connectivity index is 0.00000306. The van der Waals surface area contributed by atoms with Gasteiger partial charge in [-0.2, -0.15) is 4.31 Å². The molecule has 1 saturated heterocycles. The smallest absolute Gasteiger partial charge is 0.246 e. The van der Waals surface area contributed by atoms with E-state index in [-0.39, 0.29) is 29.0 Å². The van der Waals surface area contributed by atoms with Crippen LogP contribution in [0.2, 0.25) is 0 Å². The van der Waals surface area contributed by atoms with Crippen molar-refractivity contribution < 1.29 is 17.9 Å². The number of sulfonamides is 1. The van der Waals surface area contributed by atoms with Gasteiger partial charge >= 0.3 is 0 Å². The van der Waals surface area contributed by atoms with Crippen molar-refractivity contribution in [2.45, 2.75) is 18.4 Å². The fourth-order valence-electron chi connectivity index (χ4n) is 4.10. The molecule has 1 N–H and O–H groups in total. The molecule has 0 bridgehead atoms. The molecule has 0 unspecified atom stereocenters. The van der Waals surface area contributed by atoms with Crippen molar-refractivity contribution in [3.05, 3.63) is 66.2 Å². The van der Waals surface area contributed by atoms with E-state index in [1.54, 1.807) is 12.1 Å². The van der Waals surface area contributed by atoms with Crippen molar-refractivity contribution in [2.75, 3.05) is 38.6 Å². The molecule has 1 aliphatic rings. The van der Waals surface area contributed by atoms with Crippen LogP contribution < -0.4 is 10.1 Å². The van der Waals surface area contributed by atoms with Crippen LogP contribution in [0.15, 0.2) is 65.6 Å². The van der Waals surface area contributed by atoms with Gasteiger partial charge in [-0.3, -0.25) is 9.69 Å². The zero-order valence-corrected chi connectivity index (χ0v) is 20.3. The molecule has 0 aliphatic carbocycles. The summed E-state index contributed by atoms with van der Waals surface area (Å²) in [6.45, 7) is 4.21. The van der Waals surface area contributed by atoms with Crippen LogP contribution in [0.3, 0.4) is 0 Å². The highest BCUT2D eigenvalue weighted by Gasteiger charge is 2.31. The summed E-state index contributed by atoms with van der Waals surface area (Å²) in [5.74, 6) is -0.00199. The Labute approximate surface area is 200 Å². The quantitative estimate of drug-likeness (QED) is 0.570. The topological polar surface area (TPSA) is 78.9 Å². The van der Waals surface area contributed by atoms with Crippen molar-refractivity contribution in [2.24, 2.45) is 0 Å². The van der Waals surface area contributed by atoms with Crippen LogP contribution in [-0.4, -0.2) is 56.8 Å². The largest absolute Gasteiger partial charge is 0.495 e. The Hall–Kier alpha value is -2.65. The molecule has 0 radical (unpaired) electrons. The fourth-order valence-corrected chi connectivity index (χ4v) is 5.70. The lowest BCUT2D eigenvalue weighted by Crippen LogP contribution is -2.48. The molecule has 1 aliphatic heterocycles. The molecule has 4 rings (SSSR count). The van der Waals surface area contributed by atoms with E-state index in [4.69, 9.17) is 4.74 Å². The molecule has 0 spiro atoms. The van der Waals surface area contributed by atoms with Gasteiger partial charge in [-0.05, 0) is 34.5 Å². The van der Waals surface area contributed by atoms with Crippen LogP contribution in [0.5, 0.6) is 5.75 Å². The van der Waals surface area contributed by atoms with Crippen molar-refractivity contribution >= 4 is 44.8 Å². The molecule has 1 heterocycles. The number of nitrogens with zero attached hydrogens (tertiary/aromatic N) is 2. The minimum Gasteiger partial charge on any atom is -0.495 e. The highest BCUT2D eigenvalue weighted by molar-refractivity contribution is 7.89. The van der Waals surface area contributed by atoms with Crippen molar-refractivity contribution in [3.63, 3.8) is 0 Å². The van der Waals surface area contributed by atoms with Crippen molar-refractivity contribution in [3.8, 4) is 5.75 Å². The van der Waals surface area contributed by atoms with E-state index >= 15 is 0 Å². The van der Waals surface area contributed by atoms with Crippen LogP contribution in [0.25, 0.3) is 10.8 Å². The van der Waals surface area contributed by atoms with Crippen LogP contribution in [0.4, 0.5) is 5.69 Å². The first-order valence-electron chi connectivity index (χ1n) is 10.5. The molecule has 7 nitrogen and oxygen atoms in total. The van der Waals surface area contributed by atoms with Gasteiger partial charge in [0, 0.05) is 45.3 Å². The Morgan fingerprint density at radius 3 is 2.39 bits per heavy atom. The highest BCUT2D eigenvalue weighted by atomic mass is 35.5. The number of carbonyl (C=O) groups is 1. The van der Waals surface area contributed by atoms with Crippen LogP contribution in [0, 0.1) is 0 Å². The van der Waals surface area contributed by atoms with Crippen LogP contribution in [-0.2, 0) is 21.4 Å². The number of hydrogen-bond donors (Lipinski definition) is 1. The summed E-state index contributed by atoms with van der Waals surface area (Å²) in [5, 5.41) is 5.07. The normalized spacial score (nSPS) is 15.1. The average Bonchev–Trinajstić information content (AvgIpc) is 2.79. The standard InChI is InChI=1S/C24H27N3O4S.ClH/c1-18(28)25-21-10-11-23(31-2)24(16-21)32(29,30)27-14-12-26(13-15-27)17-20-8-5-7-19-6-3-4-9-22(19)20;/h3-11,16H,12-15,17H2,1-2H3,(H,25,28);1H. The number of carbonyl (C=O) groups excluding carboxylic acids is 1. The first-order chi connectivity index (χ1) is 15.4. The summed E-state index contributed by atoms with van der Waals surface area (Å²) >= 11 is 0. The molecule has 3 aromatic rings. The number of ether oxygens (including phenoxy) is 1. The molecular weight excluding hydrogens is 462 g/mol. The van der Waals surface area contributed by atoms with Gasteiger partial charge in [0.05, 0.1) is 7.11 Å². The minimum absolute atomic E-state index is 0. The second kappa shape index (κ2) is 10.5. The fraction of sp³-hybridized carbons (Fsp3) is 0.292. The van der Waals surface area contributed by atoms with Gasteiger partial charge in [-0.25, -0.2) is 8.42 Å². The number of anilines is 1. The van der Waals surface area contributed by atoms with E-state index < -0.39 is 10.0 Å². The van der Waals surface area contributed by atoms with E-state index in [0.29, 0.717) is 31.9 Å². The van der Waals surface area contributed by atoms with Gasteiger partial charge in [-0.1, -0.05) is 42.5 Å². The van der Waals surface area contributed by atoms with E-state index in [9.17, 15) is 13.2 Å². The second-order valence-electron chi connectivity index (χ2n) is 7.87. The molecule has 0 aromatic heterocycles. The summed E-state index contributed by atoms with van der Waals surface area (Å²) < 4.78 is 33.5. The van der Waals surface area contributed by atoms with Gasteiger partial charge in [-0.15, -0.1) is 12.4 Å². The van der Waals surface area contributed by atoms with Gasteiger partial charge in [0.25, 0.3) is 0 Å². The molecule has 1 fully saturated rings. The summed E-state index contributed by atoms with van der Waals surface area (Å²) in [5.41, 5.74) is 1.66. The summed E-state index contributed by atoms with van der Waals surface area (Å²) in [6, 6.07) is 19.2. The number of nitrogens with one attached hydrogen (secondary N) is 1. The number of fused-ring (bicyclic) bond motifs is 1. The molecule has 3 aromatic carbocycles. The number of amides is 1. The van der Waals surface area contributed by atoms with Crippen molar-refractivity contribution in [1.29, 1.82) is 0 Å².